The standard InChI is InChI=1S/C11H15N3O3/c1-11(2,12-3)10(15)13-8-6-4-5-7-9(8)14(16)17/h4-7,12H,1-3H3,(H,13,15). The van der Waals surface area contributed by atoms with Crippen LogP contribution in [-0.2, 0) is 4.79 Å². The molecule has 2 N–H and O–H groups in total. The number of hydrogen-bond donors (Lipinski definition) is 2. The van der Waals surface area contributed by atoms with Crippen LogP contribution in [0.1, 0.15) is 13.8 Å². The Kier molecular flexibility index (Phi) is 3.80. The molecular formula is C11H15N3O3. The van der Waals surface area contributed by atoms with Crippen molar-refractivity contribution in [3.05, 3.63) is 34.4 Å². The second-order valence-electron chi connectivity index (χ2n) is 4.10. The third-order valence-electron chi connectivity index (χ3n) is 2.54. The predicted octanol–water partition coefficient (Wildman–Crippen LogP) is 1.53. The van der Waals surface area contributed by atoms with Crippen molar-refractivity contribution in [3.8, 4) is 0 Å². The number of nitrogens with one attached hydrogen (secondary N) is 2. The molecule has 0 radical (unpaired) electrons. The summed E-state index contributed by atoms with van der Waals surface area (Å²) in [6.07, 6.45) is 0. The molecule has 1 aromatic rings. The summed E-state index contributed by atoms with van der Waals surface area (Å²) in [4.78, 5) is 22.1. The number of amides is 1. The summed E-state index contributed by atoms with van der Waals surface area (Å²) < 4.78 is 0. The van der Waals surface area contributed by atoms with Gasteiger partial charge in [0.05, 0.1) is 10.5 Å². The van der Waals surface area contributed by atoms with Gasteiger partial charge in [0, 0.05) is 6.07 Å². The Labute approximate surface area is 99.2 Å². The average molecular weight is 237 g/mol. The molecule has 0 unspecified atom stereocenters. The minimum atomic E-state index is -0.788. The Bertz CT molecular complexity index is 443. The van der Waals surface area contributed by atoms with Crippen LogP contribution < -0.4 is 10.6 Å². The largest absolute Gasteiger partial charge is 0.319 e. The van der Waals surface area contributed by atoms with Gasteiger partial charge in [-0.25, -0.2) is 0 Å². The van der Waals surface area contributed by atoms with Gasteiger partial charge >= 0.3 is 0 Å². The molecule has 0 aliphatic heterocycles. The summed E-state index contributed by atoms with van der Waals surface area (Å²) in [5.74, 6) is -0.325. The fourth-order valence-electron chi connectivity index (χ4n) is 1.13. The number of nitro groups is 1. The van der Waals surface area contributed by atoms with E-state index in [2.05, 4.69) is 10.6 Å². The highest BCUT2D eigenvalue weighted by molar-refractivity contribution is 5.99. The third-order valence-corrected chi connectivity index (χ3v) is 2.54. The number of carbonyl (C=O) groups excluding carboxylic acids is 1. The van der Waals surface area contributed by atoms with E-state index in [0.29, 0.717) is 0 Å². The Hall–Kier alpha value is -1.95. The van der Waals surface area contributed by atoms with Gasteiger partial charge < -0.3 is 10.6 Å². The molecule has 6 heteroatoms. The van der Waals surface area contributed by atoms with Gasteiger partial charge in [0.1, 0.15) is 5.69 Å². The van der Waals surface area contributed by atoms with Crippen LogP contribution in [0.3, 0.4) is 0 Å². The summed E-state index contributed by atoms with van der Waals surface area (Å²) >= 11 is 0. The molecule has 0 aliphatic rings. The molecule has 0 saturated heterocycles. The van der Waals surface area contributed by atoms with E-state index in [-0.39, 0.29) is 17.3 Å². The lowest BCUT2D eigenvalue weighted by molar-refractivity contribution is -0.383. The van der Waals surface area contributed by atoms with Gasteiger partial charge in [-0.15, -0.1) is 0 Å². The summed E-state index contributed by atoms with van der Waals surface area (Å²) in [5.41, 5.74) is -0.706. The average Bonchev–Trinajstić information content (AvgIpc) is 2.29. The highest BCUT2D eigenvalue weighted by atomic mass is 16.6. The summed E-state index contributed by atoms with van der Waals surface area (Å²) in [5, 5.41) is 16.1. The number of para-hydroxylation sites is 2. The fraction of sp³-hybridized carbons (Fsp3) is 0.364. The van der Waals surface area contributed by atoms with Crippen LogP contribution in [0.25, 0.3) is 0 Å². The van der Waals surface area contributed by atoms with E-state index in [9.17, 15) is 14.9 Å². The Balaban J connectivity index is 2.97. The summed E-state index contributed by atoms with van der Waals surface area (Å²) in [6.45, 7) is 3.38. The molecule has 17 heavy (non-hydrogen) atoms. The second kappa shape index (κ2) is 4.92. The Morgan fingerprint density at radius 2 is 1.94 bits per heavy atom. The quantitative estimate of drug-likeness (QED) is 0.614. The van der Waals surface area contributed by atoms with E-state index < -0.39 is 10.5 Å². The van der Waals surface area contributed by atoms with Crippen LogP contribution in [0.15, 0.2) is 24.3 Å². The van der Waals surface area contributed by atoms with Gasteiger partial charge in [0.15, 0.2) is 0 Å². The van der Waals surface area contributed by atoms with E-state index >= 15 is 0 Å². The minimum Gasteiger partial charge on any atom is -0.319 e. The highest BCUT2D eigenvalue weighted by Crippen LogP contribution is 2.23. The van der Waals surface area contributed by atoms with Crippen LogP contribution in [0.5, 0.6) is 0 Å². The lowest BCUT2D eigenvalue weighted by Crippen LogP contribution is -2.47. The number of benzene rings is 1. The van der Waals surface area contributed by atoms with Crippen molar-refractivity contribution < 1.29 is 9.72 Å². The predicted molar refractivity (Wildman–Crippen MR) is 64.9 cm³/mol. The van der Waals surface area contributed by atoms with Crippen LogP contribution in [0.4, 0.5) is 11.4 Å². The number of rotatable bonds is 4. The number of nitrogens with zero attached hydrogens (tertiary/aromatic N) is 1. The van der Waals surface area contributed by atoms with Crippen LogP contribution >= 0.6 is 0 Å². The number of hydrogen-bond acceptors (Lipinski definition) is 4. The summed E-state index contributed by atoms with van der Waals surface area (Å²) in [6, 6.07) is 6.04. The van der Waals surface area contributed by atoms with Crippen molar-refractivity contribution in [2.45, 2.75) is 19.4 Å². The van der Waals surface area contributed by atoms with Crippen molar-refractivity contribution in [1.29, 1.82) is 0 Å². The fourth-order valence-corrected chi connectivity index (χ4v) is 1.13. The van der Waals surface area contributed by atoms with Crippen LogP contribution in [0.2, 0.25) is 0 Å². The third kappa shape index (κ3) is 3.01. The zero-order valence-corrected chi connectivity index (χ0v) is 9.98. The topological polar surface area (TPSA) is 84.3 Å². The molecule has 6 nitrogen and oxygen atoms in total. The number of anilines is 1. The van der Waals surface area contributed by atoms with Crippen molar-refractivity contribution in [2.24, 2.45) is 0 Å². The second-order valence-corrected chi connectivity index (χ2v) is 4.10. The van der Waals surface area contributed by atoms with Crippen molar-refractivity contribution in [2.75, 3.05) is 12.4 Å². The van der Waals surface area contributed by atoms with Gasteiger partial charge in [0.2, 0.25) is 5.91 Å². The molecule has 0 aliphatic carbocycles. The normalized spacial score (nSPS) is 11.0. The van der Waals surface area contributed by atoms with Crippen molar-refractivity contribution in [1.82, 2.24) is 5.32 Å². The smallest absolute Gasteiger partial charge is 0.292 e. The van der Waals surface area contributed by atoms with Crippen molar-refractivity contribution in [3.63, 3.8) is 0 Å². The number of carbonyl (C=O) groups is 1. The highest BCUT2D eigenvalue weighted by Gasteiger charge is 2.27. The first-order valence-corrected chi connectivity index (χ1v) is 5.12. The Morgan fingerprint density at radius 1 is 1.35 bits per heavy atom. The molecule has 0 heterocycles. The Morgan fingerprint density at radius 3 is 2.47 bits per heavy atom. The maximum Gasteiger partial charge on any atom is 0.292 e. The SMILES string of the molecule is CNC(C)(C)C(=O)Nc1ccccc1[N+](=O)[O-]. The molecule has 92 valence electrons. The first-order chi connectivity index (χ1) is 7.88. The summed E-state index contributed by atoms with van der Waals surface area (Å²) in [7, 11) is 1.65. The zero-order valence-electron chi connectivity index (χ0n) is 9.98. The lowest BCUT2D eigenvalue weighted by atomic mass is 10.1. The molecule has 0 fully saturated rings. The van der Waals surface area contributed by atoms with Gasteiger partial charge in [-0.1, -0.05) is 12.1 Å². The first kappa shape index (κ1) is 13.1. The van der Waals surface area contributed by atoms with Crippen molar-refractivity contribution >= 4 is 17.3 Å². The van der Waals surface area contributed by atoms with E-state index in [1.54, 1.807) is 33.0 Å². The van der Waals surface area contributed by atoms with Crippen LogP contribution in [-0.4, -0.2) is 23.4 Å². The maximum atomic E-state index is 11.8. The lowest BCUT2D eigenvalue weighted by Gasteiger charge is -2.22. The number of nitro benzene ring substituents is 1. The van der Waals surface area contributed by atoms with Gasteiger partial charge in [-0.05, 0) is 27.0 Å². The van der Waals surface area contributed by atoms with Crippen LogP contribution in [0, 0.1) is 10.1 Å². The maximum absolute atomic E-state index is 11.8. The molecular weight excluding hydrogens is 222 g/mol. The molecule has 0 bridgehead atoms. The molecule has 0 aromatic heterocycles. The first-order valence-electron chi connectivity index (χ1n) is 5.12. The monoisotopic (exact) mass is 237 g/mol. The van der Waals surface area contributed by atoms with E-state index in [1.165, 1.54) is 12.1 Å². The van der Waals surface area contributed by atoms with E-state index in [0.717, 1.165) is 0 Å². The van der Waals surface area contributed by atoms with Gasteiger partial charge in [0.25, 0.3) is 5.69 Å². The molecule has 0 saturated carbocycles. The van der Waals surface area contributed by atoms with Gasteiger partial charge in [-0.2, -0.15) is 0 Å². The molecule has 1 amide bonds. The minimum absolute atomic E-state index is 0.118. The molecule has 1 rings (SSSR count). The molecule has 1 aromatic carbocycles. The number of likely N-dealkylation sites (N-methyl/N-ethyl adjacent to an activating group) is 1. The molecule has 0 spiro atoms. The van der Waals surface area contributed by atoms with Gasteiger partial charge in [-0.3, -0.25) is 14.9 Å². The van der Waals surface area contributed by atoms with E-state index in [4.69, 9.17) is 0 Å². The zero-order chi connectivity index (χ0) is 13.1. The van der Waals surface area contributed by atoms with E-state index in [1.807, 2.05) is 0 Å². The molecule has 0 atom stereocenters.